The highest BCUT2D eigenvalue weighted by atomic mass is 79.9. The smallest absolute Gasteiger partial charge is 0.339 e. The van der Waals surface area contributed by atoms with Gasteiger partial charge in [-0.25, -0.2) is 14.6 Å². The van der Waals surface area contributed by atoms with E-state index in [0.29, 0.717) is 31.6 Å². The molecule has 4 amide bonds. The SMILES string of the molecule is CC1=C(C(=O)Oc2ccccc2)C2(C)[C@@H]3C(=O)N(c4ccc(C)cc4Br)C(=O)[C@@H]3C1[C@@H]1C(=O)N(c3ccc(C)cc3Br)C(=O)[C@@H]12. The summed E-state index contributed by atoms with van der Waals surface area (Å²) < 4.78 is 6.95. The molecule has 3 aliphatic carbocycles. The van der Waals surface area contributed by atoms with Gasteiger partial charge in [0.05, 0.1) is 35.0 Å². The van der Waals surface area contributed by atoms with Gasteiger partial charge in [0.15, 0.2) is 0 Å². The van der Waals surface area contributed by atoms with Crippen LogP contribution in [0.2, 0.25) is 0 Å². The standard InChI is InChI=1S/C35H28Br2N2O6/c1-16-10-12-22(20(36)14-16)38-30(40)25-24-18(3)27(34(44)45-19-8-6-5-7-9-19)35(4,28(25)32(38)42)29-26(24)31(41)39(33(29)43)23-13-11-17(2)15-21(23)37/h5-15,24-26,28-29H,1-4H3/t24?,25-,26+,28+,29-,35?. The highest BCUT2D eigenvalue weighted by Gasteiger charge is 2.77. The number of para-hydroxylation sites is 1. The number of imide groups is 2. The van der Waals surface area contributed by atoms with Crippen molar-refractivity contribution in [2.45, 2.75) is 27.7 Å². The number of esters is 1. The van der Waals surface area contributed by atoms with E-state index in [4.69, 9.17) is 4.74 Å². The Kier molecular flexibility index (Phi) is 6.83. The van der Waals surface area contributed by atoms with Gasteiger partial charge in [0, 0.05) is 25.9 Å². The summed E-state index contributed by atoms with van der Waals surface area (Å²) in [5.74, 6) is -7.19. The lowest BCUT2D eigenvalue weighted by atomic mass is 9.43. The molecule has 8 nitrogen and oxygen atoms in total. The Hall–Kier alpha value is -3.89. The van der Waals surface area contributed by atoms with Crippen molar-refractivity contribution >= 4 is 72.8 Å². The minimum absolute atomic E-state index is 0.177. The zero-order valence-electron chi connectivity index (χ0n) is 24.8. The molecule has 10 heteroatoms. The Morgan fingerprint density at radius 3 is 1.60 bits per heavy atom. The van der Waals surface area contributed by atoms with E-state index in [0.717, 1.165) is 20.9 Å². The van der Waals surface area contributed by atoms with E-state index in [1.165, 1.54) is 0 Å². The molecule has 2 aliphatic heterocycles. The second kappa shape index (κ2) is 10.3. The Morgan fingerprint density at radius 1 is 0.689 bits per heavy atom. The number of aryl methyl sites for hydroxylation is 2. The van der Waals surface area contributed by atoms with Gasteiger partial charge in [-0.3, -0.25) is 19.2 Å². The van der Waals surface area contributed by atoms with E-state index in [1.54, 1.807) is 56.3 Å². The van der Waals surface area contributed by atoms with Crippen molar-refractivity contribution in [1.29, 1.82) is 0 Å². The minimum Gasteiger partial charge on any atom is -0.423 e. The maximum absolute atomic E-state index is 14.5. The third-order valence-electron chi connectivity index (χ3n) is 10.0. The van der Waals surface area contributed by atoms with Crippen molar-refractivity contribution in [2.75, 3.05) is 9.80 Å². The lowest BCUT2D eigenvalue weighted by Gasteiger charge is -2.55. The van der Waals surface area contributed by atoms with Crippen LogP contribution in [0.15, 0.2) is 86.8 Å². The summed E-state index contributed by atoms with van der Waals surface area (Å²) in [5.41, 5.74) is 1.79. The first-order chi connectivity index (χ1) is 21.4. The van der Waals surface area contributed by atoms with Crippen molar-refractivity contribution in [3.05, 3.63) is 97.9 Å². The number of nitrogens with zero attached hydrogens (tertiary/aromatic N) is 2. The minimum atomic E-state index is -1.52. The normalized spacial score (nSPS) is 28.6. The van der Waals surface area contributed by atoms with E-state index in [-0.39, 0.29) is 5.57 Å². The molecule has 5 aliphatic rings. The van der Waals surface area contributed by atoms with Gasteiger partial charge in [-0.1, -0.05) is 42.8 Å². The molecule has 3 aromatic carbocycles. The van der Waals surface area contributed by atoms with Crippen LogP contribution in [0.5, 0.6) is 5.75 Å². The molecule has 6 atom stereocenters. The third-order valence-corrected chi connectivity index (χ3v) is 11.3. The quantitative estimate of drug-likeness (QED) is 0.177. The van der Waals surface area contributed by atoms with Crippen LogP contribution in [0.1, 0.15) is 25.0 Å². The zero-order valence-corrected chi connectivity index (χ0v) is 28.0. The monoisotopic (exact) mass is 730 g/mol. The lowest BCUT2D eigenvalue weighted by Crippen LogP contribution is -2.61. The summed E-state index contributed by atoms with van der Waals surface area (Å²) in [5, 5.41) is 0. The van der Waals surface area contributed by atoms with Gasteiger partial charge in [-0.05, 0) is 100 Å². The van der Waals surface area contributed by atoms with Gasteiger partial charge in [-0.2, -0.15) is 0 Å². The number of amides is 4. The molecular formula is C35H28Br2N2O6. The molecule has 2 heterocycles. The number of allylic oxidation sites excluding steroid dienone is 1. The van der Waals surface area contributed by atoms with E-state index in [2.05, 4.69) is 31.9 Å². The average molecular weight is 732 g/mol. The Morgan fingerprint density at radius 2 is 1.16 bits per heavy atom. The average Bonchev–Trinajstić information content (AvgIpc) is 3.40. The molecule has 2 bridgehead atoms. The topological polar surface area (TPSA) is 101 Å². The Labute approximate surface area is 276 Å². The first-order valence-electron chi connectivity index (χ1n) is 14.6. The molecule has 0 aromatic heterocycles. The van der Waals surface area contributed by atoms with Crippen molar-refractivity contribution in [3.63, 3.8) is 0 Å². The van der Waals surface area contributed by atoms with E-state index in [1.807, 2.05) is 38.1 Å². The van der Waals surface area contributed by atoms with Crippen molar-refractivity contribution < 1.29 is 28.7 Å². The van der Waals surface area contributed by atoms with Gasteiger partial charge in [-0.15, -0.1) is 0 Å². The molecule has 228 valence electrons. The highest BCUT2D eigenvalue weighted by molar-refractivity contribution is 9.11. The summed E-state index contributed by atoms with van der Waals surface area (Å²) in [6.07, 6.45) is 0. The maximum atomic E-state index is 14.5. The Balaban J connectivity index is 1.41. The number of carbonyl (C=O) groups excluding carboxylic acids is 5. The molecule has 0 spiro atoms. The zero-order chi connectivity index (χ0) is 32.1. The largest absolute Gasteiger partial charge is 0.423 e. The molecule has 0 N–H and O–H groups in total. The van der Waals surface area contributed by atoms with Gasteiger partial charge < -0.3 is 4.74 Å². The summed E-state index contributed by atoms with van der Waals surface area (Å²) in [7, 11) is 0. The first-order valence-corrected chi connectivity index (χ1v) is 16.2. The predicted octanol–water partition coefficient (Wildman–Crippen LogP) is 6.31. The van der Waals surface area contributed by atoms with Crippen LogP contribution in [0.25, 0.3) is 0 Å². The van der Waals surface area contributed by atoms with Crippen molar-refractivity contribution in [3.8, 4) is 5.75 Å². The number of hydrogen-bond donors (Lipinski definition) is 0. The third kappa shape index (κ3) is 4.04. The fourth-order valence-electron chi connectivity index (χ4n) is 8.31. The van der Waals surface area contributed by atoms with Crippen LogP contribution in [-0.2, 0) is 24.0 Å². The van der Waals surface area contributed by atoms with Crippen LogP contribution in [0, 0.1) is 48.9 Å². The molecule has 2 saturated heterocycles. The molecule has 2 unspecified atom stereocenters. The van der Waals surface area contributed by atoms with Crippen LogP contribution in [-0.4, -0.2) is 29.6 Å². The van der Waals surface area contributed by atoms with E-state index < -0.39 is 64.6 Å². The van der Waals surface area contributed by atoms with Crippen molar-refractivity contribution in [2.24, 2.45) is 35.0 Å². The van der Waals surface area contributed by atoms with Crippen LogP contribution < -0.4 is 14.5 Å². The van der Waals surface area contributed by atoms with Gasteiger partial charge in [0.2, 0.25) is 23.6 Å². The summed E-state index contributed by atoms with van der Waals surface area (Å²) in [6, 6.07) is 19.2. The fraction of sp³-hybridized carbons (Fsp3) is 0.286. The lowest BCUT2D eigenvalue weighted by molar-refractivity contribution is -0.152. The second-order valence-corrected chi connectivity index (χ2v) is 14.2. The fourth-order valence-corrected chi connectivity index (χ4v) is 9.65. The summed E-state index contributed by atoms with van der Waals surface area (Å²) >= 11 is 7.04. The molecule has 0 radical (unpaired) electrons. The van der Waals surface area contributed by atoms with Crippen LogP contribution in [0.4, 0.5) is 11.4 Å². The van der Waals surface area contributed by atoms with Crippen molar-refractivity contribution in [1.82, 2.24) is 0 Å². The summed E-state index contributed by atoms with van der Waals surface area (Å²) in [4.78, 5) is 74.2. The number of ether oxygens (including phenoxy) is 1. The maximum Gasteiger partial charge on any atom is 0.339 e. The number of benzene rings is 3. The molecule has 3 fully saturated rings. The number of rotatable bonds is 4. The molecule has 3 aromatic rings. The van der Waals surface area contributed by atoms with Crippen LogP contribution >= 0.6 is 31.9 Å². The Bertz CT molecular complexity index is 1810. The number of anilines is 2. The predicted molar refractivity (Wildman–Crippen MR) is 173 cm³/mol. The molecule has 45 heavy (non-hydrogen) atoms. The highest BCUT2D eigenvalue weighted by Crippen LogP contribution is 2.69. The number of hydrogen-bond acceptors (Lipinski definition) is 6. The first kappa shape index (κ1) is 29.8. The van der Waals surface area contributed by atoms with Gasteiger partial charge in [0.25, 0.3) is 0 Å². The van der Waals surface area contributed by atoms with Gasteiger partial charge >= 0.3 is 5.97 Å². The summed E-state index contributed by atoms with van der Waals surface area (Å²) in [6.45, 7) is 7.21. The number of halogens is 2. The molecule has 1 saturated carbocycles. The van der Waals surface area contributed by atoms with E-state index >= 15 is 0 Å². The molecular weight excluding hydrogens is 704 g/mol. The molecule has 8 rings (SSSR count). The van der Waals surface area contributed by atoms with E-state index in [9.17, 15) is 24.0 Å². The van der Waals surface area contributed by atoms with Crippen LogP contribution in [0.3, 0.4) is 0 Å². The van der Waals surface area contributed by atoms with Gasteiger partial charge in [0.1, 0.15) is 5.75 Å². The number of carbonyl (C=O) groups is 5. The second-order valence-electron chi connectivity index (χ2n) is 12.5.